The Kier molecular flexibility index (Phi) is 20.1. The van der Waals surface area contributed by atoms with Crippen molar-refractivity contribution in [1.29, 1.82) is 0 Å². The first-order valence-electron chi connectivity index (χ1n) is 28.1. The molecule has 2 aliphatic heterocycles. The molecule has 5 amide bonds. The zero-order chi connectivity index (χ0) is 52.3. The van der Waals surface area contributed by atoms with Gasteiger partial charge in [-0.05, 0) is 118 Å². The first-order chi connectivity index (χ1) is 34.2. The second-order valence-electron chi connectivity index (χ2n) is 24.2. The third-order valence-corrected chi connectivity index (χ3v) is 16.9. The Labute approximate surface area is 433 Å². The fourth-order valence-corrected chi connectivity index (χ4v) is 11.8. The van der Waals surface area contributed by atoms with E-state index in [1.807, 2.05) is 72.1 Å². The molecule has 6 rings (SSSR count). The van der Waals surface area contributed by atoms with Crippen LogP contribution in [0.25, 0.3) is 0 Å². The highest BCUT2D eigenvalue weighted by atomic mass is 16.2. The van der Waals surface area contributed by atoms with Gasteiger partial charge in [-0.25, -0.2) is 0 Å². The van der Waals surface area contributed by atoms with Gasteiger partial charge in [-0.15, -0.1) is 0 Å². The van der Waals surface area contributed by atoms with Gasteiger partial charge in [-0.1, -0.05) is 130 Å². The number of Topliss-reactive ketones (excluding diaryl/α,β-unsaturated/α-hetero) is 1. The van der Waals surface area contributed by atoms with Crippen molar-refractivity contribution in [3.63, 3.8) is 0 Å². The number of nitrogens with zero attached hydrogens (tertiary/aromatic N) is 4. The first kappa shape index (κ1) is 56.7. The number of hydrogen-bond donors (Lipinski definition) is 2. The molecule has 6 atom stereocenters. The molecule has 2 aliphatic carbocycles. The van der Waals surface area contributed by atoms with E-state index in [9.17, 15) is 28.8 Å². The topological polar surface area (TPSA) is 139 Å². The van der Waals surface area contributed by atoms with E-state index in [0.29, 0.717) is 45.4 Å². The Morgan fingerprint density at radius 3 is 1.43 bits per heavy atom. The predicted octanol–water partition coefficient (Wildman–Crippen LogP) is 8.89. The number of nitrogens with one attached hydrogen (secondary N) is 2. The van der Waals surface area contributed by atoms with E-state index in [-0.39, 0.29) is 83.3 Å². The fourth-order valence-electron chi connectivity index (χ4n) is 11.8. The van der Waals surface area contributed by atoms with Crippen LogP contribution in [0.3, 0.4) is 0 Å². The minimum atomic E-state index is -0.648. The summed E-state index contributed by atoms with van der Waals surface area (Å²) in [6, 6.07) is 15.9. The Morgan fingerprint density at radius 1 is 0.625 bits per heavy atom. The van der Waals surface area contributed by atoms with Crippen LogP contribution in [-0.2, 0) is 54.5 Å². The van der Waals surface area contributed by atoms with E-state index in [1.54, 1.807) is 7.05 Å². The number of likely N-dealkylation sites (N-methyl/N-ethyl adjacent to an activating group) is 1. The van der Waals surface area contributed by atoms with Crippen LogP contribution in [0.4, 0.5) is 0 Å². The lowest BCUT2D eigenvalue weighted by Crippen LogP contribution is -2.58. The highest BCUT2D eigenvalue weighted by molar-refractivity contribution is 5.91. The Morgan fingerprint density at radius 2 is 1.04 bits per heavy atom. The minimum absolute atomic E-state index is 0.0316. The standard InChI is InChI=1S/C60H92N6O6/c1-11-41(2)56(70)62-55(60(7,8)9)58(72)64-33-23-29-48(64)40-66(50-36-45-26-20-21-27-46(45)37-50)54(69)31-17-15-13-12-14-16-30-53(68)65(49-34-43-24-18-19-25-44(43)35-49)39-47-28-22-32-63(47)57(71)51(59(4,5)6)38-52(67)42(3)61-10/h18-21,24-27,41-42,47-51,55,61H,11-17,22-23,28-40H2,1-10H3,(H,62,70)/t41-,42+,47+,48+,51-,55-/m1/s1. The largest absolute Gasteiger partial charge is 0.344 e. The second-order valence-corrected chi connectivity index (χ2v) is 24.2. The van der Waals surface area contributed by atoms with Gasteiger partial charge in [0.05, 0.1) is 6.04 Å². The lowest BCUT2D eigenvalue weighted by atomic mass is 9.76. The van der Waals surface area contributed by atoms with Crippen molar-refractivity contribution in [2.45, 2.75) is 214 Å². The molecular weight excluding hydrogens is 901 g/mol. The van der Waals surface area contributed by atoms with Crippen LogP contribution in [0, 0.1) is 22.7 Å². The Hall–Kier alpha value is -4.58. The maximum atomic E-state index is 14.4. The van der Waals surface area contributed by atoms with Gasteiger partial charge in [-0.3, -0.25) is 28.8 Å². The van der Waals surface area contributed by atoms with Crippen molar-refractivity contribution in [1.82, 2.24) is 30.2 Å². The van der Waals surface area contributed by atoms with Gasteiger partial charge >= 0.3 is 0 Å². The minimum Gasteiger partial charge on any atom is -0.344 e. The molecule has 0 bridgehead atoms. The molecule has 0 spiro atoms. The summed E-state index contributed by atoms with van der Waals surface area (Å²) >= 11 is 0. The molecule has 0 aromatic heterocycles. The maximum absolute atomic E-state index is 14.4. The van der Waals surface area contributed by atoms with Gasteiger partial charge in [0.15, 0.2) is 0 Å². The number of hydrogen-bond acceptors (Lipinski definition) is 7. The lowest BCUT2D eigenvalue weighted by Gasteiger charge is -2.39. The molecule has 398 valence electrons. The Bertz CT molecular complexity index is 1980. The normalized spacial score (nSPS) is 19.9. The molecule has 72 heavy (non-hydrogen) atoms. The summed E-state index contributed by atoms with van der Waals surface area (Å²) in [5.41, 5.74) is 4.31. The van der Waals surface area contributed by atoms with Gasteiger partial charge in [-0.2, -0.15) is 0 Å². The van der Waals surface area contributed by atoms with Gasteiger partial charge in [0.1, 0.15) is 11.8 Å². The first-order valence-corrected chi connectivity index (χ1v) is 28.1. The number of ketones is 1. The van der Waals surface area contributed by atoms with Gasteiger partial charge < -0.3 is 30.2 Å². The number of amides is 5. The van der Waals surface area contributed by atoms with Crippen molar-refractivity contribution >= 4 is 35.3 Å². The maximum Gasteiger partial charge on any atom is 0.246 e. The number of likely N-dealkylation sites (tertiary alicyclic amines) is 2. The van der Waals surface area contributed by atoms with Gasteiger partial charge in [0.25, 0.3) is 0 Å². The average molecular weight is 993 g/mol. The predicted molar refractivity (Wildman–Crippen MR) is 287 cm³/mol. The molecule has 12 heteroatoms. The van der Waals surface area contributed by atoms with Crippen LogP contribution in [-0.4, -0.2) is 124 Å². The van der Waals surface area contributed by atoms with E-state index in [1.165, 1.54) is 22.3 Å². The van der Waals surface area contributed by atoms with Crippen molar-refractivity contribution in [3.05, 3.63) is 70.8 Å². The highest BCUT2D eigenvalue weighted by Gasteiger charge is 2.44. The second kappa shape index (κ2) is 25.6. The molecule has 2 N–H and O–H groups in total. The zero-order valence-electron chi connectivity index (χ0n) is 46.0. The number of benzene rings is 2. The average Bonchev–Trinajstić information content (AvgIpc) is 4.18. The molecule has 4 aliphatic rings. The quantitative estimate of drug-likeness (QED) is 0.100. The van der Waals surface area contributed by atoms with Crippen molar-refractivity contribution in [2.24, 2.45) is 22.7 Å². The third kappa shape index (κ3) is 14.6. The molecule has 0 unspecified atom stereocenters. The Balaban J connectivity index is 1.02. The molecule has 2 fully saturated rings. The molecule has 2 aromatic carbocycles. The van der Waals surface area contributed by atoms with Crippen LogP contribution in [0.15, 0.2) is 48.5 Å². The van der Waals surface area contributed by atoms with E-state index < -0.39 is 17.4 Å². The monoisotopic (exact) mass is 993 g/mol. The third-order valence-electron chi connectivity index (χ3n) is 16.9. The van der Waals surface area contributed by atoms with Crippen LogP contribution >= 0.6 is 0 Å². The van der Waals surface area contributed by atoms with E-state index in [2.05, 4.69) is 69.0 Å². The number of fused-ring (bicyclic) bond motifs is 2. The van der Waals surface area contributed by atoms with E-state index >= 15 is 0 Å². The number of rotatable bonds is 24. The van der Waals surface area contributed by atoms with Crippen molar-refractivity contribution in [3.8, 4) is 0 Å². The van der Waals surface area contributed by atoms with Crippen LogP contribution < -0.4 is 10.6 Å². The number of unbranched alkanes of at least 4 members (excludes halogenated alkanes) is 5. The smallest absolute Gasteiger partial charge is 0.246 e. The summed E-state index contributed by atoms with van der Waals surface area (Å²) < 4.78 is 0. The summed E-state index contributed by atoms with van der Waals surface area (Å²) in [6.07, 6.45) is 14.0. The van der Waals surface area contributed by atoms with Gasteiger partial charge in [0, 0.05) is 81.4 Å². The van der Waals surface area contributed by atoms with Gasteiger partial charge in [0.2, 0.25) is 29.5 Å². The van der Waals surface area contributed by atoms with Crippen LogP contribution in [0.5, 0.6) is 0 Å². The molecule has 2 heterocycles. The zero-order valence-corrected chi connectivity index (χ0v) is 46.0. The molecule has 0 radical (unpaired) electrons. The SMILES string of the molecule is CC[C@@H](C)C(=O)N[C@H](C(=O)N1CCC[C@H]1CN(C(=O)CCCCCCCCC(=O)N(C[C@@H]1CCCN1C(=O)[C@@H](CC(=O)[C@H](C)NC)C(C)(C)C)C1Cc2ccccc2C1)C1Cc2ccccc2C1)C(C)(C)C. The van der Waals surface area contributed by atoms with Crippen LogP contribution in [0.1, 0.15) is 174 Å². The molecule has 2 saturated heterocycles. The molecular formula is C60H92N6O6. The number of carbonyl (C=O) groups excluding carboxylic acids is 6. The fraction of sp³-hybridized carbons (Fsp3) is 0.700. The number of carbonyl (C=O) groups is 6. The summed E-state index contributed by atoms with van der Waals surface area (Å²) in [6.45, 7) is 20.2. The molecule has 12 nitrogen and oxygen atoms in total. The molecule has 2 aromatic rings. The highest BCUT2D eigenvalue weighted by Crippen LogP contribution is 2.36. The van der Waals surface area contributed by atoms with Crippen molar-refractivity contribution in [2.75, 3.05) is 33.2 Å². The molecule has 0 saturated carbocycles. The summed E-state index contributed by atoms with van der Waals surface area (Å²) in [7, 11) is 1.77. The van der Waals surface area contributed by atoms with E-state index in [4.69, 9.17) is 0 Å². The van der Waals surface area contributed by atoms with Crippen molar-refractivity contribution < 1.29 is 28.8 Å². The summed E-state index contributed by atoms with van der Waals surface area (Å²) in [4.78, 5) is 91.9. The lowest BCUT2D eigenvalue weighted by molar-refractivity contribution is -0.145. The summed E-state index contributed by atoms with van der Waals surface area (Å²) in [5, 5.41) is 6.15. The van der Waals surface area contributed by atoms with E-state index in [0.717, 1.165) is 89.9 Å². The summed E-state index contributed by atoms with van der Waals surface area (Å²) in [5.74, 6) is -0.382. The van der Waals surface area contributed by atoms with Crippen LogP contribution in [0.2, 0.25) is 0 Å².